The molecule has 1 heterocycles. The molecule has 0 fully saturated rings. The number of nitrogens with zero attached hydrogens (tertiary/aromatic N) is 3. The van der Waals surface area contributed by atoms with Gasteiger partial charge in [-0.15, -0.1) is 0 Å². The minimum absolute atomic E-state index is 0.481. The van der Waals surface area contributed by atoms with E-state index in [-0.39, 0.29) is 0 Å². The Bertz CT molecular complexity index is 943. The lowest BCUT2D eigenvalue weighted by atomic mass is 10.1. The molecule has 0 saturated carbocycles. The van der Waals surface area contributed by atoms with Crippen molar-refractivity contribution in [3.8, 4) is 22.8 Å². The summed E-state index contributed by atoms with van der Waals surface area (Å²) < 4.78 is 10.6. The SMILES string of the molecule is COc1ccc(Nc2nccc(-c3ccc(N(C)C)c(N)c3)n2)cc1OC. The summed E-state index contributed by atoms with van der Waals surface area (Å²) in [6, 6.07) is 13.3. The van der Waals surface area contributed by atoms with E-state index < -0.39 is 0 Å². The van der Waals surface area contributed by atoms with Gasteiger partial charge in [0.05, 0.1) is 31.3 Å². The first-order valence-electron chi connectivity index (χ1n) is 8.41. The van der Waals surface area contributed by atoms with Gasteiger partial charge in [-0.25, -0.2) is 9.97 Å². The molecule has 7 heteroatoms. The number of nitrogen functional groups attached to an aromatic ring is 1. The molecule has 27 heavy (non-hydrogen) atoms. The summed E-state index contributed by atoms with van der Waals surface area (Å²) in [6.07, 6.45) is 1.71. The van der Waals surface area contributed by atoms with E-state index >= 15 is 0 Å². The van der Waals surface area contributed by atoms with Crippen LogP contribution in [0.2, 0.25) is 0 Å². The minimum atomic E-state index is 0.481. The number of aromatic nitrogens is 2. The first kappa shape index (κ1) is 18.3. The fraction of sp³-hybridized carbons (Fsp3) is 0.200. The van der Waals surface area contributed by atoms with E-state index in [1.54, 1.807) is 20.4 Å². The third kappa shape index (κ3) is 4.03. The maximum Gasteiger partial charge on any atom is 0.227 e. The van der Waals surface area contributed by atoms with Crippen molar-refractivity contribution < 1.29 is 9.47 Å². The van der Waals surface area contributed by atoms with Gasteiger partial charge in [0.15, 0.2) is 11.5 Å². The zero-order valence-corrected chi connectivity index (χ0v) is 15.9. The highest BCUT2D eigenvalue weighted by Gasteiger charge is 2.09. The maximum absolute atomic E-state index is 6.15. The Morgan fingerprint density at radius 2 is 1.74 bits per heavy atom. The summed E-state index contributed by atoms with van der Waals surface area (Å²) in [7, 11) is 7.12. The molecule has 0 amide bonds. The zero-order chi connectivity index (χ0) is 19.4. The van der Waals surface area contributed by atoms with Gasteiger partial charge in [0.1, 0.15) is 0 Å². The van der Waals surface area contributed by atoms with E-state index in [1.165, 1.54) is 0 Å². The standard InChI is InChI=1S/C20H23N5O2/c1-25(2)17-7-5-13(11-15(17)21)16-9-10-22-20(24-16)23-14-6-8-18(26-3)19(12-14)27-4/h5-12H,21H2,1-4H3,(H,22,23,24). The van der Waals surface area contributed by atoms with Gasteiger partial charge in [-0.3, -0.25) is 0 Å². The third-order valence-electron chi connectivity index (χ3n) is 4.10. The Balaban J connectivity index is 1.87. The highest BCUT2D eigenvalue weighted by molar-refractivity contribution is 5.75. The predicted molar refractivity (Wildman–Crippen MR) is 109 cm³/mol. The molecule has 0 aliphatic rings. The third-order valence-corrected chi connectivity index (χ3v) is 4.10. The summed E-state index contributed by atoms with van der Waals surface area (Å²) >= 11 is 0. The molecule has 0 bridgehead atoms. The van der Waals surface area contributed by atoms with E-state index in [0.29, 0.717) is 23.1 Å². The molecule has 3 rings (SSSR count). The van der Waals surface area contributed by atoms with Gasteiger partial charge >= 0.3 is 0 Å². The molecule has 0 unspecified atom stereocenters. The van der Waals surface area contributed by atoms with Gasteiger partial charge in [0, 0.05) is 37.6 Å². The number of nitrogens with one attached hydrogen (secondary N) is 1. The van der Waals surface area contributed by atoms with Crippen LogP contribution in [0.1, 0.15) is 0 Å². The van der Waals surface area contributed by atoms with E-state index in [1.807, 2.05) is 61.5 Å². The number of nitrogens with two attached hydrogens (primary N) is 1. The summed E-state index contributed by atoms with van der Waals surface area (Å²) in [5, 5.41) is 3.19. The lowest BCUT2D eigenvalue weighted by Crippen LogP contribution is -2.11. The molecule has 0 atom stereocenters. The first-order valence-corrected chi connectivity index (χ1v) is 8.41. The number of benzene rings is 2. The van der Waals surface area contributed by atoms with Crippen LogP contribution in [0.4, 0.5) is 23.0 Å². The largest absolute Gasteiger partial charge is 0.493 e. The van der Waals surface area contributed by atoms with Gasteiger partial charge in [-0.1, -0.05) is 6.07 Å². The summed E-state index contributed by atoms with van der Waals surface area (Å²) in [6.45, 7) is 0. The Hall–Kier alpha value is -3.48. The minimum Gasteiger partial charge on any atom is -0.493 e. The molecule has 0 aliphatic carbocycles. The normalized spacial score (nSPS) is 10.4. The average molecular weight is 365 g/mol. The molecule has 3 N–H and O–H groups in total. The second kappa shape index (κ2) is 7.82. The number of hydrogen-bond acceptors (Lipinski definition) is 7. The van der Waals surface area contributed by atoms with Crippen LogP contribution in [-0.4, -0.2) is 38.3 Å². The van der Waals surface area contributed by atoms with Gasteiger partial charge < -0.3 is 25.4 Å². The highest BCUT2D eigenvalue weighted by Crippen LogP contribution is 2.31. The first-order chi connectivity index (χ1) is 13.0. The molecule has 0 saturated heterocycles. The predicted octanol–water partition coefficient (Wildman–Crippen LogP) is 3.55. The monoisotopic (exact) mass is 365 g/mol. The van der Waals surface area contributed by atoms with Crippen molar-refractivity contribution in [1.82, 2.24) is 9.97 Å². The molecular formula is C20H23N5O2. The van der Waals surface area contributed by atoms with Gasteiger partial charge in [0.2, 0.25) is 5.95 Å². The zero-order valence-electron chi connectivity index (χ0n) is 15.9. The van der Waals surface area contributed by atoms with Crippen LogP contribution in [0, 0.1) is 0 Å². The quantitative estimate of drug-likeness (QED) is 0.646. The second-order valence-corrected chi connectivity index (χ2v) is 6.13. The molecule has 0 aliphatic heterocycles. The summed E-state index contributed by atoms with van der Waals surface area (Å²) in [5.41, 5.74) is 10.3. The fourth-order valence-electron chi connectivity index (χ4n) is 2.74. The van der Waals surface area contributed by atoms with Crippen molar-refractivity contribution in [2.24, 2.45) is 0 Å². The van der Waals surface area contributed by atoms with Crippen molar-refractivity contribution in [3.63, 3.8) is 0 Å². The number of rotatable bonds is 6. The molecule has 2 aromatic carbocycles. The number of hydrogen-bond donors (Lipinski definition) is 2. The van der Waals surface area contributed by atoms with Crippen LogP contribution in [-0.2, 0) is 0 Å². The van der Waals surface area contributed by atoms with Gasteiger partial charge in [-0.2, -0.15) is 0 Å². The van der Waals surface area contributed by atoms with E-state index in [0.717, 1.165) is 22.6 Å². The molecule has 1 aromatic heterocycles. The Morgan fingerprint density at radius 1 is 0.963 bits per heavy atom. The Kier molecular flexibility index (Phi) is 5.30. The van der Waals surface area contributed by atoms with Crippen molar-refractivity contribution in [3.05, 3.63) is 48.7 Å². The van der Waals surface area contributed by atoms with Crippen molar-refractivity contribution in [2.45, 2.75) is 0 Å². The number of anilines is 4. The molecule has 3 aromatic rings. The second-order valence-electron chi connectivity index (χ2n) is 6.13. The maximum atomic E-state index is 6.15. The number of methoxy groups -OCH3 is 2. The molecule has 0 radical (unpaired) electrons. The molecule has 7 nitrogen and oxygen atoms in total. The lowest BCUT2D eigenvalue weighted by molar-refractivity contribution is 0.355. The average Bonchev–Trinajstić information content (AvgIpc) is 2.67. The van der Waals surface area contributed by atoms with Crippen LogP contribution in [0.25, 0.3) is 11.3 Å². The van der Waals surface area contributed by atoms with Crippen molar-refractivity contribution in [2.75, 3.05) is 44.3 Å². The number of ether oxygens (including phenoxy) is 2. The lowest BCUT2D eigenvalue weighted by Gasteiger charge is -2.16. The van der Waals surface area contributed by atoms with E-state index in [9.17, 15) is 0 Å². The smallest absolute Gasteiger partial charge is 0.227 e. The molecule has 140 valence electrons. The summed E-state index contributed by atoms with van der Waals surface area (Å²) in [5.74, 6) is 1.77. The van der Waals surface area contributed by atoms with Crippen LogP contribution in [0.5, 0.6) is 11.5 Å². The highest BCUT2D eigenvalue weighted by atomic mass is 16.5. The van der Waals surface area contributed by atoms with Crippen molar-refractivity contribution in [1.29, 1.82) is 0 Å². The van der Waals surface area contributed by atoms with E-state index in [4.69, 9.17) is 15.2 Å². The van der Waals surface area contributed by atoms with E-state index in [2.05, 4.69) is 15.3 Å². The topological polar surface area (TPSA) is 85.5 Å². The molecule has 0 spiro atoms. The van der Waals surface area contributed by atoms with Crippen LogP contribution in [0.15, 0.2) is 48.7 Å². The summed E-state index contributed by atoms with van der Waals surface area (Å²) in [4.78, 5) is 10.9. The molecular weight excluding hydrogens is 342 g/mol. The Labute approximate surface area is 158 Å². The van der Waals surface area contributed by atoms with Gasteiger partial charge in [0.25, 0.3) is 0 Å². The van der Waals surface area contributed by atoms with Gasteiger partial charge in [-0.05, 0) is 30.3 Å². The Morgan fingerprint density at radius 3 is 2.41 bits per heavy atom. The van der Waals surface area contributed by atoms with Crippen LogP contribution < -0.4 is 25.4 Å². The fourth-order valence-corrected chi connectivity index (χ4v) is 2.74. The van der Waals surface area contributed by atoms with Crippen LogP contribution in [0.3, 0.4) is 0 Å². The van der Waals surface area contributed by atoms with Crippen LogP contribution >= 0.6 is 0 Å². The van der Waals surface area contributed by atoms with Crippen molar-refractivity contribution >= 4 is 23.0 Å².